The van der Waals surface area contributed by atoms with Gasteiger partial charge in [0.15, 0.2) is 0 Å². The van der Waals surface area contributed by atoms with Crippen LogP contribution in [0.15, 0.2) is 0 Å². The second-order valence-electron chi connectivity index (χ2n) is 0.981. The molecular formula is C2H8O3S. The van der Waals surface area contributed by atoms with Crippen molar-refractivity contribution in [1.82, 2.24) is 0 Å². The van der Waals surface area contributed by atoms with Crippen LogP contribution in [0.5, 0.6) is 0 Å². The molecule has 0 aliphatic carbocycles. The van der Waals surface area contributed by atoms with Gasteiger partial charge in [-0.2, -0.15) is 0 Å². The van der Waals surface area contributed by atoms with Gasteiger partial charge in [-0.05, 0) is 0 Å². The Balaban J connectivity index is 3.48. The highest BCUT2D eigenvalue weighted by atomic mass is 32.3. The van der Waals surface area contributed by atoms with Crippen LogP contribution in [0.2, 0.25) is 0 Å². The zero-order valence-corrected chi connectivity index (χ0v) is 4.35. The molecule has 4 heteroatoms. The van der Waals surface area contributed by atoms with Crippen molar-refractivity contribution in [2.24, 2.45) is 0 Å². The summed E-state index contributed by atoms with van der Waals surface area (Å²) in [4.78, 5) is 0. The second-order valence-corrected chi connectivity index (χ2v) is 2.94. The van der Waals surface area contributed by atoms with Crippen molar-refractivity contribution in [3.05, 3.63) is 0 Å². The summed E-state index contributed by atoms with van der Waals surface area (Å²) in [6.07, 6.45) is 0. The number of hydrogen-bond donors (Lipinski definition) is 3. The zero-order valence-electron chi connectivity index (χ0n) is 3.46. The Hall–Kier alpha value is 0.0700. The van der Waals surface area contributed by atoms with Crippen LogP contribution in [0.1, 0.15) is 6.92 Å². The van der Waals surface area contributed by atoms with Crippen LogP contribution in [-0.4, -0.2) is 19.1 Å². The molecule has 0 aliphatic heterocycles. The average Bonchev–Trinajstić information content (AvgIpc) is 1.35. The van der Waals surface area contributed by atoms with Gasteiger partial charge in [0.1, 0.15) is 0 Å². The maximum atomic E-state index is 9.69. The Morgan fingerprint density at radius 2 is 1.83 bits per heavy atom. The summed E-state index contributed by atoms with van der Waals surface area (Å²) in [5, 5.41) is 0. The number of hydrogen-bond acceptors (Lipinski definition) is 1. The van der Waals surface area contributed by atoms with Gasteiger partial charge in [0.2, 0.25) is 0 Å². The molecule has 2 N–H and O–H groups in total. The molecule has 0 aliphatic rings. The summed E-state index contributed by atoms with van der Waals surface area (Å²) in [6, 6.07) is 0. The number of thiol groups is 1. The number of rotatable bonds is 1. The summed E-state index contributed by atoms with van der Waals surface area (Å²) in [5.74, 6) is -0.0625. The van der Waals surface area contributed by atoms with E-state index in [0.29, 0.717) is 0 Å². The second kappa shape index (κ2) is 1.68. The molecule has 0 saturated carbocycles. The standard InChI is InChI=1S/C2H8O3S/c1-2-6(3,4)5/h6H,2H2,1H3,(H2,3,4,5). The van der Waals surface area contributed by atoms with Crippen molar-refractivity contribution >= 4 is 10.5 Å². The van der Waals surface area contributed by atoms with Gasteiger partial charge < -0.3 is 9.11 Å². The fourth-order valence-electron chi connectivity index (χ4n) is 0. The molecule has 3 nitrogen and oxygen atoms in total. The summed E-state index contributed by atoms with van der Waals surface area (Å²) < 4.78 is 25.6. The predicted molar refractivity (Wildman–Crippen MR) is 25.3 cm³/mol. The molecule has 0 radical (unpaired) electrons. The van der Waals surface area contributed by atoms with E-state index >= 15 is 0 Å². The summed E-state index contributed by atoms with van der Waals surface area (Å²) in [6.45, 7) is 1.45. The first-order chi connectivity index (χ1) is 2.56. The van der Waals surface area contributed by atoms with Crippen LogP contribution in [0.3, 0.4) is 0 Å². The molecule has 0 unspecified atom stereocenters. The Bertz CT molecular complexity index is 72.9. The monoisotopic (exact) mass is 112 g/mol. The minimum atomic E-state index is -3.65. The third-order valence-corrected chi connectivity index (χ3v) is 1.24. The molecule has 0 atom stereocenters. The minimum Gasteiger partial charge on any atom is -0.310 e. The molecule has 0 saturated heterocycles. The first kappa shape index (κ1) is 6.07. The molecule has 0 bridgehead atoms. The lowest BCUT2D eigenvalue weighted by Crippen LogP contribution is -2.09. The van der Waals surface area contributed by atoms with Crippen molar-refractivity contribution in [2.75, 3.05) is 5.75 Å². The van der Waals surface area contributed by atoms with Gasteiger partial charge in [-0.3, -0.25) is 0 Å². The Kier molecular flexibility index (Phi) is 1.70. The van der Waals surface area contributed by atoms with Crippen LogP contribution in [-0.2, 0) is 10.5 Å². The SMILES string of the molecule is CC[SH](=O)(O)O. The molecule has 6 heavy (non-hydrogen) atoms. The van der Waals surface area contributed by atoms with Crippen molar-refractivity contribution in [2.45, 2.75) is 6.92 Å². The van der Waals surface area contributed by atoms with E-state index in [2.05, 4.69) is 0 Å². The fraction of sp³-hybridized carbons (Fsp3) is 1.00. The molecular weight excluding hydrogens is 104 g/mol. The smallest absolute Gasteiger partial charge is 0.0730 e. The van der Waals surface area contributed by atoms with E-state index in [0.717, 1.165) is 0 Å². The molecule has 0 amide bonds. The highest BCUT2D eigenvalue weighted by molar-refractivity contribution is 7.92. The first-order valence-electron chi connectivity index (χ1n) is 1.61. The minimum absolute atomic E-state index is 0.0625. The van der Waals surface area contributed by atoms with Crippen molar-refractivity contribution in [3.63, 3.8) is 0 Å². The van der Waals surface area contributed by atoms with Crippen LogP contribution in [0.4, 0.5) is 0 Å². The Morgan fingerprint density at radius 3 is 1.83 bits per heavy atom. The van der Waals surface area contributed by atoms with Crippen molar-refractivity contribution in [3.8, 4) is 0 Å². The van der Waals surface area contributed by atoms with E-state index in [1.54, 1.807) is 0 Å². The van der Waals surface area contributed by atoms with E-state index in [-0.39, 0.29) is 5.75 Å². The molecule has 0 aromatic rings. The quantitative estimate of drug-likeness (QED) is 0.417. The maximum absolute atomic E-state index is 9.69. The lowest BCUT2D eigenvalue weighted by molar-refractivity contribution is 0.425. The van der Waals surface area contributed by atoms with E-state index in [1.165, 1.54) is 6.92 Å². The van der Waals surface area contributed by atoms with Crippen molar-refractivity contribution in [1.29, 1.82) is 0 Å². The van der Waals surface area contributed by atoms with E-state index in [1.807, 2.05) is 0 Å². The van der Waals surface area contributed by atoms with Crippen LogP contribution >= 0.6 is 0 Å². The molecule has 0 fully saturated rings. The predicted octanol–water partition coefficient (Wildman–Crippen LogP) is -0.0310. The summed E-state index contributed by atoms with van der Waals surface area (Å²) in [7, 11) is -3.65. The molecule has 40 valence electrons. The third kappa shape index (κ3) is 4.07. The van der Waals surface area contributed by atoms with Gasteiger partial charge in [0, 0.05) is 5.75 Å². The highest BCUT2D eigenvalue weighted by Gasteiger charge is 1.93. The normalized spacial score (nSPS) is 14.5. The fourth-order valence-corrected chi connectivity index (χ4v) is 0. The third-order valence-electron chi connectivity index (χ3n) is 0.412. The van der Waals surface area contributed by atoms with E-state index in [9.17, 15) is 4.21 Å². The van der Waals surface area contributed by atoms with Gasteiger partial charge in [0.05, 0.1) is 10.5 Å². The molecule has 0 aromatic heterocycles. The van der Waals surface area contributed by atoms with Crippen LogP contribution in [0, 0.1) is 0 Å². The van der Waals surface area contributed by atoms with E-state index in [4.69, 9.17) is 9.11 Å². The highest BCUT2D eigenvalue weighted by Crippen LogP contribution is 1.85. The Morgan fingerprint density at radius 1 is 1.67 bits per heavy atom. The summed E-state index contributed by atoms with van der Waals surface area (Å²) in [5.41, 5.74) is 0. The maximum Gasteiger partial charge on any atom is 0.0730 e. The molecule has 0 rings (SSSR count). The van der Waals surface area contributed by atoms with Gasteiger partial charge in [-0.1, -0.05) is 6.92 Å². The van der Waals surface area contributed by atoms with Gasteiger partial charge >= 0.3 is 0 Å². The van der Waals surface area contributed by atoms with E-state index < -0.39 is 10.5 Å². The van der Waals surface area contributed by atoms with Gasteiger partial charge in [-0.25, -0.2) is 4.21 Å². The Labute approximate surface area is 37.5 Å². The molecule has 0 heterocycles. The zero-order chi connectivity index (χ0) is 5.21. The van der Waals surface area contributed by atoms with Gasteiger partial charge in [0.25, 0.3) is 0 Å². The van der Waals surface area contributed by atoms with Gasteiger partial charge in [-0.15, -0.1) is 0 Å². The lowest BCUT2D eigenvalue weighted by Gasteiger charge is -2.02. The average molecular weight is 112 g/mol. The first-order valence-corrected chi connectivity index (χ1v) is 3.40. The van der Waals surface area contributed by atoms with Crippen LogP contribution in [0.25, 0.3) is 0 Å². The lowest BCUT2D eigenvalue weighted by atomic mass is 11.0. The molecule has 0 aromatic carbocycles. The molecule has 0 spiro atoms. The summed E-state index contributed by atoms with van der Waals surface area (Å²) >= 11 is 0. The largest absolute Gasteiger partial charge is 0.310 e. The topological polar surface area (TPSA) is 57.5 Å². The van der Waals surface area contributed by atoms with Crippen molar-refractivity contribution < 1.29 is 13.3 Å². The van der Waals surface area contributed by atoms with Crippen LogP contribution < -0.4 is 0 Å².